The summed E-state index contributed by atoms with van der Waals surface area (Å²) in [6.45, 7) is 0. The molecule has 0 fully saturated rings. The zero-order chi connectivity index (χ0) is 22.7. The number of ether oxygens (including phenoxy) is 1. The molecule has 0 spiro atoms. The van der Waals surface area contributed by atoms with Gasteiger partial charge in [-0.2, -0.15) is 30.4 Å². The number of hydrogen-bond donors (Lipinski definition) is 0. The summed E-state index contributed by atoms with van der Waals surface area (Å²) in [6, 6.07) is 18.5. The first-order valence-electron chi connectivity index (χ1n) is 9.09. The minimum atomic E-state index is -5.73. The molecule has 0 aliphatic heterocycles. The van der Waals surface area contributed by atoms with Crippen molar-refractivity contribution < 1.29 is 39.3 Å². The topological polar surface area (TPSA) is 52.6 Å². The van der Waals surface area contributed by atoms with E-state index in [4.69, 9.17) is 8.92 Å². The van der Waals surface area contributed by atoms with Gasteiger partial charge in [-0.05, 0) is 30.0 Å². The van der Waals surface area contributed by atoms with Gasteiger partial charge >= 0.3 is 22.2 Å². The SMILES string of the molecule is O=S(=O)(CCCC(F)(F)C(F)(F)F)Oc1cccc(Oc2cccc3ccccc23)c1. The molecule has 3 rings (SSSR count). The maximum Gasteiger partial charge on any atom is 0.453 e. The smallest absolute Gasteiger partial charge is 0.453 e. The average Bonchev–Trinajstić information content (AvgIpc) is 2.67. The van der Waals surface area contributed by atoms with Gasteiger partial charge in [0.2, 0.25) is 0 Å². The van der Waals surface area contributed by atoms with Gasteiger partial charge in [-0.25, -0.2) is 0 Å². The predicted octanol–water partition coefficient (Wildman–Crippen LogP) is 6.32. The standard InChI is InChI=1S/C21H17F5O4S/c22-20(23,21(24,25)26)12-5-13-31(27,28)30-17-9-4-8-16(14-17)29-19-11-3-7-15-6-1-2-10-18(15)19/h1-4,6-11,14H,5,12-13H2. The molecule has 0 atom stereocenters. The Kier molecular flexibility index (Phi) is 6.40. The summed E-state index contributed by atoms with van der Waals surface area (Å²) in [5.41, 5.74) is 0. The van der Waals surface area contributed by atoms with Gasteiger partial charge in [0.05, 0.1) is 5.75 Å². The minimum Gasteiger partial charge on any atom is -0.457 e. The lowest BCUT2D eigenvalue weighted by Gasteiger charge is -2.19. The first kappa shape index (κ1) is 22.8. The maximum atomic E-state index is 12.9. The van der Waals surface area contributed by atoms with Crippen LogP contribution in [0.15, 0.2) is 66.7 Å². The van der Waals surface area contributed by atoms with Crippen LogP contribution in [0.5, 0.6) is 17.2 Å². The molecule has 0 unspecified atom stereocenters. The van der Waals surface area contributed by atoms with Crippen LogP contribution in [0.1, 0.15) is 12.8 Å². The van der Waals surface area contributed by atoms with Crippen molar-refractivity contribution >= 4 is 20.9 Å². The predicted molar refractivity (Wildman–Crippen MR) is 105 cm³/mol. The first-order chi connectivity index (χ1) is 14.5. The number of fused-ring (bicyclic) bond motifs is 1. The third-order valence-corrected chi connectivity index (χ3v) is 5.54. The molecule has 0 aromatic heterocycles. The van der Waals surface area contributed by atoms with Gasteiger partial charge in [-0.15, -0.1) is 0 Å². The van der Waals surface area contributed by atoms with E-state index in [0.717, 1.165) is 10.8 Å². The third kappa shape index (κ3) is 5.84. The van der Waals surface area contributed by atoms with Crippen molar-refractivity contribution in [3.8, 4) is 17.2 Å². The molecule has 0 aliphatic rings. The summed E-state index contributed by atoms with van der Waals surface area (Å²) in [5.74, 6) is -5.33. The van der Waals surface area contributed by atoms with E-state index in [1.165, 1.54) is 18.2 Å². The fourth-order valence-electron chi connectivity index (χ4n) is 2.80. The van der Waals surface area contributed by atoms with E-state index < -0.39 is 40.8 Å². The van der Waals surface area contributed by atoms with E-state index >= 15 is 0 Å². The third-order valence-electron chi connectivity index (χ3n) is 4.31. The van der Waals surface area contributed by atoms with Crippen molar-refractivity contribution in [3.05, 3.63) is 66.7 Å². The van der Waals surface area contributed by atoms with E-state index in [9.17, 15) is 30.4 Å². The van der Waals surface area contributed by atoms with Crippen molar-refractivity contribution in [1.82, 2.24) is 0 Å². The van der Waals surface area contributed by atoms with Crippen LogP contribution < -0.4 is 8.92 Å². The Bertz CT molecular complexity index is 1150. The molecule has 0 bridgehead atoms. The van der Waals surface area contributed by atoms with Gasteiger partial charge < -0.3 is 8.92 Å². The summed E-state index contributed by atoms with van der Waals surface area (Å²) < 4.78 is 97.0. The molecular weight excluding hydrogens is 443 g/mol. The quantitative estimate of drug-likeness (QED) is 0.292. The van der Waals surface area contributed by atoms with Crippen LogP contribution >= 0.6 is 0 Å². The van der Waals surface area contributed by atoms with Crippen molar-refractivity contribution in [2.24, 2.45) is 0 Å². The van der Waals surface area contributed by atoms with Gasteiger partial charge in [-0.1, -0.05) is 42.5 Å². The fraction of sp³-hybridized carbons (Fsp3) is 0.238. The largest absolute Gasteiger partial charge is 0.457 e. The number of halogens is 5. The molecule has 10 heteroatoms. The van der Waals surface area contributed by atoms with Crippen LogP contribution in [0.3, 0.4) is 0 Å². The van der Waals surface area contributed by atoms with Gasteiger partial charge in [0.1, 0.15) is 17.2 Å². The summed E-state index contributed by atoms with van der Waals surface area (Å²) in [4.78, 5) is 0. The summed E-state index contributed by atoms with van der Waals surface area (Å²) in [5, 5.41) is 1.76. The highest BCUT2D eigenvalue weighted by Gasteiger charge is 2.56. The van der Waals surface area contributed by atoms with E-state index in [1.54, 1.807) is 18.2 Å². The lowest BCUT2D eigenvalue weighted by atomic mass is 10.1. The molecule has 0 saturated heterocycles. The molecule has 0 amide bonds. The number of benzene rings is 3. The summed E-state index contributed by atoms with van der Waals surface area (Å²) >= 11 is 0. The number of alkyl halides is 5. The zero-order valence-corrected chi connectivity index (χ0v) is 16.7. The Balaban J connectivity index is 1.67. The second kappa shape index (κ2) is 8.70. The highest BCUT2D eigenvalue weighted by Crippen LogP contribution is 2.39. The second-order valence-electron chi connectivity index (χ2n) is 6.71. The number of rotatable bonds is 8. The van der Waals surface area contributed by atoms with Crippen molar-refractivity contribution in [3.63, 3.8) is 0 Å². The van der Waals surface area contributed by atoms with Crippen LogP contribution in [0.25, 0.3) is 10.8 Å². The first-order valence-corrected chi connectivity index (χ1v) is 10.7. The van der Waals surface area contributed by atoms with Gasteiger partial charge in [-0.3, -0.25) is 0 Å². The minimum absolute atomic E-state index is 0.152. The molecule has 166 valence electrons. The molecule has 3 aromatic rings. The second-order valence-corrected chi connectivity index (χ2v) is 8.40. The molecule has 0 saturated carbocycles. The van der Waals surface area contributed by atoms with Crippen LogP contribution in [-0.2, 0) is 10.1 Å². The van der Waals surface area contributed by atoms with Crippen LogP contribution in [0, 0.1) is 0 Å². The van der Waals surface area contributed by atoms with Crippen LogP contribution in [0.4, 0.5) is 22.0 Å². The van der Waals surface area contributed by atoms with Gasteiger partial charge in [0.15, 0.2) is 0 Å². The van der Waals surface area contributed by atoms with Gasteiger partial charge in [0.25, 0.3) is 0 Å². The van der Waals surface area contributed by atoms with E-state index in [0.29, 0.717) is 5.75 Å². The zero-order valence-electron chi connectivity index (χ0n) is 15.9. The monoisotopic (exact) mass is 460 g/mol. The van der Waals surface area contributed by atoms with Crippen molar-refractivity contribution in [2.75, 3.05) is 5.75 Å². The molecule has 0 heterocycles. The van der Waals surface area contributed by atoms with Gasteiger partial charge in [0, 0.05) is 17.9 Å². The van der Waals surface area contributed by atoms with Crippen molar-refractivity contribution in [1.29, 1.82) is 0 Å². The highest BCUT2D eigenvalue weighted by molar-refractivity contribution is 7.87. The lowest BCUT2D eigenvalue weighted by Crippen LogP contribution is -2.36. The van der Waals surface area contributed by atoms with Crippen LogP contribution in [0.2, 0.25) is 0 Å². The average molecular weight is 460 g/mol. The summed E-state index contributed by atoms with van der Waals surface area (Å²) in [6.07, 6.45) is -8.30. The Morgan fingerprint density at radius 2 is 1.45 bits per heavy atom. The summed E-state index contributed by atoms with van der Waals surface area (Å²) in [7, 11) is -4.38. The Labute approximate surface area is 175 Å². The van der Waals surface area contributed by atoms with E-state index in [1.807, 2.05) is 30.3 Å². The maximum absolute atomic E-state index is 12.9. The normalized spacial score (nSPS) is 12.7. The molecule has 0 radical (unpaired) electrons. The van der Waals surface area contributed by atoms with E-state index in [-0.39, 0.29) is 11.5 Å². The fourth-order valence-corrected chi connectivity index (χ4v) is 3.78. The molecule has 4 nitrogen and oxygen atoms in total. The van der Waals surface area contributed by atoms with Crippen molar-refractivity contribution in [2.45, 2.75) is 24.9 Å². The molecule has 3 aromatic carbocycles. The molecule has 0 aliphatic carbocycles. The molecule has 0 N–H and O–H groups in total. The van der Waals surface area contributed by atoms with E-state index in [2.05, 4.69) is 0 Å². The molecular formula is C21H17F5O4S. The Morgan fingerprint density at radius 1 is 0.806 bits per heavy atom. The van der Waals surface area contributed by atoms with Crippen LogP contribution in [-0.4, -0.2) is 26.3 Å². The highest BCUT2D eigenvalue weighted by atomic mass is 32.2. The molecule has 31 heavy (non-hydrogen) atoms. The lowest BCUT2D eigenvalue weighted by molar-refractivity contribution is -0.284. The Morgan fingerprint density at radius 3 is 2.19 bits per heavy atom. The number of hydrogen-bond acceptors (Lipinski definition) is 4. The Hall–Kier alpha value is -2.88.